The van der Waals surface area contributed by atoms with Crippen LogP contribution in [0.3, 0.4) is 0 Å². The van der Waals surface area contributed by atoms with E-state index in [0.29, 0.717) is 0 Å². The molecule has 3 N–H and O–H groups in total. The zero-order chi connectivity index (χ0) is 13.7. The molecule has 1 saturated heterocycles. The largest absolute Gasteiger partial charge is 0.390 e. The summed E-state index contributed by atoms with van der Waals surface area (Å²) in [7, 11) is 0. The molecule has 19 heavy (non-hydrogen) atoms. The van der Waals surface area contributed by atoms with Crippen LogP contribution in [0.2, 0.25) is 0 Å². The highest BCUT2D eigenvalue weighted by atomic mass is 16.3. The summed E-state index contributed by atoms with van der Waals surface area (Å²) in [6, 6.07) is 10.4. The Morgan fingerprint density at radius 2 is 2.00 bits per heavy atom. The quantitative estimate of drug-likeness (QED) is 0.875. The molecule has 0 radical (unpaired) electrons. The highest BCUT2D eigenvalue weighted by molar-refractivity contribution is 5.18. The van der Waals surface area contributed by atoms with Crippen LogP contribution in [0.5, 0.6) is 0 Å². The Kier molecular flexibility index (Phi) is 4.97. The topological polar surface area (TPSA) is 49.5 Å². The maximum absolute atomic E-state index is 10.1. The van der Waals surface area contributed by atoms with Crippen LogP contribution in [-0.2, 0) is 0 Å². The van der Waals surface area contributed by atoms with Crippen LogP contribution >= 0.6 is 0 Å². The van der Waals surface area contributed by atoms with E-state index >= 15 is 0 Å². The molecule has 3 heteroatoms. The van der Waals surface area contributed by atoms with Crippen molar-refractivity contribution in [1.82, 2.24) is 4.90 Å². The van der Waals surface area contributed by atoms with E-state index in [-0.39, 0.29) is 6.04 Å². The standard InChI is InChI=1S/C16H26N2O/c1-16(19)9-5-11-18(13-10-16)12-8-15(17)14-6-3-2-4-7-14/h2-4,6-7,15,19H,5,8-13,17H2,1H3. The molecule has 1 aromatic carbocycles. The summed E-state index contributed by atoms with van der Waals surface area (Å²) < 4.78 is 0. The second-order valence-corrected chi connectivity index (χ2v) is 6.00. The molecule has 2 atom stereocenters. The van der Waals surface area contributed by atoms with Crippen molar-refractivity contribution in [2.75, 3.05) is 19.6 Å². The minimum Gasteiger partial charge on any atom is -0.390 e. The summed E-state index contributed by atoms with van der Waals surface area (Å²) in [6.45, 7) is 5.03. The van der Waals surface area contributed by atoms with Gasteiger partial charge in [-0.3, -0.25) is 0 Å². The van der Waals surface area contributed by atoms with Crippen molar-refractivity contribution < 1.29 is 5.11 Å². The highest BCUT2D eigenvalue weighted by Crippen LogP contribution is 2.22. The normalized spacial score (nSPS) is 26.9. The first-order valence-corrected chi connectivity index (χ1v) is 7.32. The summed E-state index contributed by atoms with van der Waals surface area (Å²) in [4.78, 5) is 2.43. The lowest BCUT2D eigenvalue weighted by molar-refractivity contribution is 0.0446. The van der Waals surface area contributed by atoms with Gasteiger partial charge in [-0.1, -0.05) is 30.3 Å². The summed E-state index contributed by atoms with van der Waals surface area (Å²) in [5, 5.41) is 10.1. The molecular weight excluding hydrogens is 236 g/mol. The van der Waals surface area contributed by atoms with Crippen molar-refractivity contribution in [1.29, 1.82) is 0 Å². The van der Waals surface area contributed by atoms with E-state index in [9.17, 15) is 5.11 Å². The van der Waals surface area contributed by atoms with Gasteiger partial charge < -0.3 is 15.7 Å². The number of likely N-dealkylation sites (tertiary alicyclic amines) is 1. The molecule has 0 saturated carbocycles. The van der Waals surface area contributed by atoms with Crippen molar-refractivity contribution in [2.24, 2.45) is 5.73 Å². The van der Waals surface area contributed by atoms with Gasteiger partial charge in [-0.05, 0) is 51.3 Å². The van der Waals surface area contributed by atoms with Crippen molar-refractivity contribution in [2.45, 2.75) is 44.2 Å². The van der Waals surface area contributed by atoms with Gasteiger partial charge in [0.05, 0.1) is 5.60 Å². The first kappa shape index (κ1) is 14.5. The van der Waals surface area contributed by atoms with Crippen molar-refractivity contribution >= 4 is 0 Å². The van der Waals surface area contributed by atoms with Gasteiger partial charge >= 0.3 is 0 Å². The minimum absolute atomic E-state index is 0.116. The van der Waals surface area contributed by atoms with E-state index < -0.39 is 5.60 Å². The number of hydrogen-bond donors (Lipinski definition) is 2. The third-order valence-corrected chi connectivity index (χ3v) is 4.14. The molecule has 1 aliphatic heterocycles. The van der Waals surface area contributed by atoms with E-state index in [1.165, 1.54) is 5.56 Å². The molecule has 0 spiro atoms. The average Bonchev–Trinajstić information content (AvgIpc) is 2.58. The monoisotopic (exact) mass is 262 g/mol. The Hall–Kier alpha value is -0.900. The lowest BCUT2D eigenvalue weighted by atomic mass is 9.98. The van der Waals surface area contributed by atoms with E-state index in [0.717, 1.165) is 45.3 Å². The number of aliphatic hydroxyl groups is 1. The highest BCUT2D eigenvalue weighted by Gasteiger charge is 2.24. The van der Waals surface area contributed by atoms with Crippen LogP contribution in [0.1, 0.15) is 44.2 Å². The fourth-order valence-electron chi connectivity index (χ4n) is 2.73. The average molecular weight is 262 g/mol. The number of hydrogen-bond acceptors (Lipinski definition) is 3. The van der Waals surface area contributed by atoms with Crippen LogP contribution < -0.4 is 5.73 Å². The van der Waals surface area contributed by atoms with Crippen LogP contribution in [-0.4, -0.2) is 35.2 Å². The molecule has 0 aromatic heterocycles. The predicted octanol–water partition coefficient (Wildman–Crippen LogP) is 2.31. The van der Waals surface area contributed by atoms with Gasteiger partial charge in [0.1, 0.15) is 0 Å². The van der Waals surface area contributed by atoms with Gasteiger partial charge in [-0.15, -0.1) is 0 Å². The molecule has 1 aliphatic rings. The molecule has 1 aromatic rings. The molecule has 106 valence electrons. The molecule has 2 rings (SSSR count). The Morgan fingerprint density at radius 3 is 2.74 bits per heavy atom. The molecule has 1 heterocycles. The lowest BCUT2D eigenvalue weighted by Crippen LogP contribution is -2.30. The zero-order valence-electron chi connectivity index (χ0n) is 11.9. The molecule has 0 aliphatic carbocycles. The maximum atomic E-state index is 10.1. The van der Waals surface area contributed by atoms with Gasteiger partial charge in [-0.2, -0.15) is 0 Å². The fourth-order valence-corrected chi connectivity index (χ4v) is 2.73. The third-order valence-electron chi connectivity index (χ3n) is 4.14. The Bertz CT molecular complexity index is 378. The molecule has 0 amide bonds. The molecular formula is C16H26N2O. The van der Waals surface area contributed by atoms with E-state index in [1.54, 1.807) is 0 Å². The van der Waals surface area contributed by atoms with Crippen molar-refractivity contribution in [3.63, 3.8) is 0 Å². The second kappa shape index (κ2) is 6.51. The van der Waals surface area contributed by atoms with Gasteiger partial charge in [0.15, 0.2) is 0 Å². The van der Waals surface area contributed by atoms with E-state index in [4.69, 9.17) is 5.73 Å². The van der Waals surface area contributed by atoms with Crippen LogP contribution in [0.25, 0.3) is 0 Å². The molecule has 0 bridgehead atoms. The first-order valence-electron chi connectivity index (χ1n) is 7.32. The number of nitrogens with two attached hydrogens (primary N) is 1. The maximum Gasteiger partial charge on any atom is 0.0632 e. The first-order chi connectivity index (χ1) is 9.07. The van der Waals surface area contributed by atoms with Gasteiger partial charge in [0, 0.05) is 12.6 Å². The minimum atomic E-state index is -0.476. The fraction of sp³-hybridized carbons (Fsp3) is 0.625. The predicted molar refractivity (Wildman–Crippen MR) is 78.9 cm³/mol. The van der Waals surface area contributed by atoms with Crippen LogP contribution in [0, 0.1) is 0 Å². The number of benzene rings is 1. The van der Waals surface area contributed by atoms with Gasteiger partial charge in [0.2, 0.25) is 0 Å². The summed E-state index contributed by atoms with van der Waals surface area (Å²) in [5.74, 6) is 0. The number of nitrogens with zero attached hydrogens (tertiary/aromatic N) is 1. The third kappa shape index (κ3) is 4.60. The summed E-state index contributed by atoms with van der Waals surface area (Å²) in [5.41, 5.74) is 6.96. The van der Waals surface area contributed by atoms with Crippen molar-refractivity contribution in [3.05, 3.63) is 35.9 Å². The Balaban J connectivity index is 1.79. The van der Waals surface area contributed by atoms with E-state index in [2.05, 4.69) is 17.0 Å². The second-order valence-electron chi connectivity index (χ2n) is 6.00. The molecule has 3 nitrogen and oxygen atoms in total. The molecule has 2 unspecified atom stereocenters. The molecule has 1 fully saturated rings. The zero-order valence-corrected chi connectivity index (χ0v) is 11.9. The summed E-state index contributed by atoms with van der Waals surface area (Å²) in [6.07, 6.45) is 3.83. The Morgan fingerprint density at radius 1 is 1.26 bits per heavy atom. The smallest absolute Gasteiger partial charge is 0.0632 e. The van der Waals surface area contributed by atoms with Crippen LogP contribution in [0.4, 0.5) is 0 Å². The number of rotatable bonds is 4. The van der Waals surface area contributed by atoms with Crippen LogP contribution in [0.15, 0.2) is 30.3 Å². The lowest BCUT2D eigenvalue weighted by Gasteiger charge is -2.23. The van der Waals surface area contributed by atoms with Gasteiger partial charge in [-0.25, -0.2) is 0 Å². The van der Waals surface area contributed by atoms with Crippen molar-refractivity contribution in [3.8, 4) is 0 Å². The van der Waals surface area contributed by atoms with Gasteiger partial charge in [0.25, 0.3) is 0 Å². The van der Waals surface area contributed by atoms with E-state index in [1.807, 2.05) is 25.1 Å². The summed E-state index contributed by atoms with van der Waals surface area (Å²) >= 11 is 0. The Labute approximate surface area is 116 Å². The SMILES string of the molecule is CC1(O)CCCN(CCC(N)c2ccccc2)CC1.